The van der Waals surface area contributed by atoms with Gasteiger partial charge in [-0.05, 0) is 0 Å². The number of halogens is 4. The molecule has 1 N–H and O–H groups in total. The Hall–Kier alpha value is -1.37. The first-order valence-corrected chi connectivity index (χ1v) is 12.7. The van der Waals surface area contributed by atoms with Crippen LogP contribution in [0.3, 0.4) is 0 Å². The number of alkyl halides is 3. The van der Waals surface area contributed by atoms with Gasteiger partial charge in [0, 0.05) is 0 Å². The van der Waals surface area contributed by atoms with E-state index in [1.54, 1.807) is 6.92 Å². The number of ether oxygens (including phenoxy) is 2. The van der Waals surface area contributed by atoms with Crippen LogP contribution >= 0.6 is 0 Å². The van der Waals surface area contributed by atoms with Gasteiger partial charge < -0.3 is 0 Å². The van der Waals surface area contributed by atoms with Gasteiger partial charge in [-0.1, -0.05) is 0 Å². The zero-order valence-electron chi connectivity index (χ0n) is 13.8. The zero-order chi connectivity index (χ0) is 19.6. The number of hydrogen-bond donors (Lipinski definition) is 1. The molecule has 0 amide bonds. The van der Waals surface area contributed by atoms with Crippen molar-refractivity contribution in [1.82, 2.24) is 0 Å². The molecule has 26 heavy (non-hydrogen) atoms. The first kappa shape index (κ1) is 20.9. The van der Waals surface area contributed by atoms with Crippen molar-refractivity contribution in [3.8, 4) is 5.75 Å². The number of rotatable bonds is 7. The van der Waals surface area contributed by atoms with E-state index in [0.717, 1.165) is 24.3 Å². The molecule has 2 aromatic rings. The third-order valence-electron chi connectivity index (χ3n) is 3.38. The Labute approximate surface area is 154 Å². The van der Waals surface area contributed by atoms with E-state index in [4.69, 9.17) is 14.0 Å². The Bertz CT molecular complexity index is 846. The van der Waals surface area contributed by atoms with E-state index in [-0.39, 0.29) is 5.75 Å². The summed E-state index contributed by atoms with van der Waals surface area (Å²) in [5.41, 5.74) is 0. The molecule has 2 rings (SSSR count). The first-order chi connectivity index (χ1) is 12.0. The average Bonchev–Trinajstić information content (AvgIpc) is 2.61. The topological polar surface area (TPSA) is 72.8 Å². The predicted octanol–water partition coefficient (Wildman–Crippen LogP) is 0.580. The molecule has 10 heteroatoms. The molecule has 2 atom stereocenters. The van der Waals surface area contributed by atoms with E-state index < -0.39 is 45.8 Å². The molecule has 0 aliphatic rings. The summed E-state index contributed by atoms with van der Waals surface area (Å²) in [5, 5.41) is 0. The maximum absolute atomic E-state index is 15.8. The summed E-state index contributed by atoms with van der Waals surface area (Å²) in [6.07, 6.45) is -0.620. The van der Waals surface area contributed by atoms with Crippen LogP contribution in [0, 0.1) is 7.14 Å². The van der Waals surface area contributed by atoms with Crippen molar-refractivity contribution in [3.05, 3.63) is 61.7 Å². The van der Waals surface area contributed by atoms with Crippen LogP contribution in [0.25, 0.3) is 0 Å². The molecule has 2 unspecified atom stereocenters. The van der Waals surface area contributed by atoms with Gasteiger partial charge in [0.2, 0.25) is 0 Å². The molecular formula is C16H17F3IO5S-. The molecule has 0 fully saturated rings. The van der Waals surface area contributed by atoms with Crippen LogP contribution in [0.2, 0.25) is 0 Å². The Kier molecular flexibility index (Phi) is 6.20. The van der Waals surface area contributed by atoms with Crippen LogP contribution in [0.4, 0.5) is 11.6 Å². The van der Waals surface area contributed by atoms with Crippen molar-refractivity contribution in [2.24, 2.45) is 0 Å². The molecule has 0 saturated heterocycles. The van der Waals surface area contributed by atoms with Crippen molar-refractivity contribution < 1.29 is 53.1 Å². The van der Waals surface area contributed by atoms with Crippen LogP contribution in [0.1, 0.15) is 6.92 Å². The average molecular weight is 505 g/mol. The number of methoxy groups -OCH3 is 1. The van der Waals surface area contributed by atoms with Crippen molar-refractivity contribution in [1.29, 1.82) is 0 Å². The molecule has 5 nitrogen and oxygen atoms in total. The fraction of sp³-hybridized carbons (Fsp3) is 0.250. The second-order valence-electron chi connectivity index (χ2n) is 5.09. The van der Waals surface area contributed by atoms with Crippen molar-refractivity contribution in [2.45, 2.75) is 16.5 Å². The zero-order valence-corrected chi connectivity index (χ0v) is 16.7. The van der Waals surface area contributed by atoms with Gasteiger partial charge in [-0.2, -0.15) is 0 Å². The van der Waals surface area contributed by atoms with Gasteiger partial charge in [0.05, 0.1) is 0 Å². The molecule has 0 spiro atoms. The SMILES string of the molecule is COC(C)Oc1ccc([I-](F)(c2ccccc2)C(F)(F)S(=O)(=O)O)cc1. The summed E-state index contributed by atoms with van der Waals surface area (Å²) in [4.78, 5) is 0. The van der Waals surface area contributed by atoms with Crippen LogP contribution in [-0.4, -0.2) is 29.6 Å². The van der Waals surface area contributed by atoms with Gasteiger partial charge in [-0.15, -0.1) is 0 Å². The Morgan fingerprint density at radius 1 is 1.04 bits per heavy atom. The van der Waals surface area contributed by atoms with Gasteiger partial charge >= 0.3 is 154 Å². The van der Waals surface area contributed by atoms with Crippen LogP contribution < -0.4 is 23.7 Å². The molecule has 146 valence electrons. The van der Waals surface area contributed by atoms with Crippen molar-refractivity contribution in [3.63, 3.8) is 0 Å². The predicted molar refractivity (Wildman–Crippen MR) is 85.0 cm³/mol. The van der Waals surface area contributed by atoms with Gasteiger partial charge in [0.15, 0.2) is 0 Å². The summed E-state index contributed by atoms with van der Waals surface area (Å²) in [6, 6.07) is 10.9. The second kappa shape index (κ2) is 7.71. The van der Waals surface area contributed by atoms with E-state index in [0.29, 0.717) is 0 Å². The van der Waals surface area contributed by atoms with E-state index in [1.165, 1.54) is 37.4 Å². The molecular weight excluding hydrogens is 488 g/mol. The van der Waals surface area contributed by atoms with Crippen molar-refractivity contribution >= 4 is 10.1 Å². The molecule has 0 aromatic heterocycles. The summed E-state index contributed by atoms with van der Waals surface area (Å²) in [5.74, 6) is 0.231. The molecule has 0 heterocycles. The summed E-state index contributed by atoms with van der Waals surface area (Å²) in [6.45, 7) is 1.60. The summed E-state index contributed by atoms with van der Waals surface area (Å²) in [7, 11) is -4.56. The van der Waals surface area contributed by atoms with Crippen LogP contribution in [0.15, 0.2) is 54.6 Å². The first-order valence-electron chi connectivity index (χ1n) is 7.20. The fourth-order valence-electron chi connectivity index (χ4n) is 2.03. The van der Waals surface area contributed by atoms with E-state index >= 15 is 2.86 Å². The Morgan fingerprint density at radius 2 is 1.54 bits per heavy atom. The molecule has 2 aromatic carbocycles. The standard InChI is InChI=1S/C16H17F3IO5S/c1-12(24-2)25-15-10-8-14(9-11-15)20(19,13-6-4-3-5-7-13)16(17,18)26(21,22)23/h3-12H,1-2H3,(H,21,22,23)/q-1. The second-order valence-corrected chi connectivity index (χ2v) is 14.0. The number of benzene rings is 2. The van der Waals surface area contributed by atoms with Gasteiger partial charge in [0.1, 0.15) is 0 Å². The molecule has 0 radical (unpaired) electrons. The van der Waals surface area contributed by atoms with Crippen LogP contribution in [0.5, 0.6) is 5.75 Å². The minimum absolute atomic E-state index is 0.231. The molecule has 0 saturated carbocycles. The van der Waals surface area contributed by atoms with Gasteiger partial charge in [0.25, 0.3) is 0 Å². The Balaban J connectivity index is 2.59. The van der Waals surface area contributed by atoms with E-state index in [1.807, 2.05) is 0 Å². The summed E-state index contributed by atoms with van der Waals surface area (Å²) < 4.78 is 80.8. The van der Waals surface area contributed by atoms with Gasteiger partial charge in [-0.3, -0.25) is 0 Å². The third kappa shape index (κ3) is 3.82. The Morgan fingerprint density at radius 3 is 2.00 bits per heavy atom. The number of hydrogen-bond acceptors (Lipinski definition) is 4. The molecule has 0 bridgehead atoms. The summed E-state index contributed by atoms with van der Waals surface area (Å²) >= 11 is -6.25. The van der Waals surface area contributed by atoms with Crippen molar-refractivity contribution in [2.75, 3.05) is 7.11 Å². The van der Waals surface area contributed by atoms with E-state index in [9.17, 15) is 17.2 Å². The monoisotopic (exact) mass is 505 g/mol. The van der Waals surface area contributed by atoms with Gasteiger partial charge in [-0.25, -0.2) is 0 Å². The molecule has 0 aliphatic carbocycles. The normalized spacial score (nSPS) is 17.2. The van der Waals surface area contributed by atoms with E-state index in [2.05, 4.69) is 0 Å². The van der Waals surface area contributed by atoms with Crippen LogP contribution in [-0.2, 0) is 14.9 Å². The molecule has 0 aliphatic heterocycles. The fourth-order valence-corrected chi connectivity index (χ4v) is 10.7. The maximum atomic E-state index is 15.8. The minimum atomic E-state index is -6.25. The third-order valence-corrected chi connectivity index (χ3v) is 13.7. The quantitative estimate of drug-likeness (QED) is 0.258.